The maximum absolute atomic E-state index is 10.8. The van der Waals surface area contributed by atoms with Crippen LogP contribution in [0.3, 0.4) is 0 Å². The third-order valence-corrected chi connectivity index (χ3v) is 4.07. The standard InChI is InChI=1S/C19H24N6.C3H6F2/c1-12(2)10-20-19-21-11-18-15(8-9-25(18)24-19)17-7-6-16(14(5)23-17)22-13(3)4;1-2-3(4)5/h6-9,11-12H,10H2,1-5H3,(H,20,24);3H,2H2,1H3. The Bertz CT molecular complexity index is 990. The molecule has 0 radical (unpaired) electrons. The summed E-state index contributed by atoms with van der Waals surface area (Å²) in [5.41, 5.74) is 5.69. The highest BCUT2D eigenvalue weighted by molar-refractivity contribution is 5.83. The second-order valence-corrected chi connectivity index (χ2v) is 7.58. The quantitative estimate of drug-likeness (QED) is 0.505. The molecular weight excluding hydrogens is 386 g/mol. The molecule has 0 aliphatic carbocycles. The molecule has 30 heavy (non-hydrogen) atoms. The van der Waals surface area contributed by atoms with Gasteiger partial charge in [-0.05, 0) is 44.9 Å². The van der Waals surface area contributed by atoms with Crippen LogP contribution < -0.4 is 5.32 Å². The molecular formula is C22H30F2N6. The number of alkyl halides is 2. The van der Waals surface area contributed by atoms with Gasteiger partial charge in [0.2, 0.25) is 12.4 Å². The summed E-state index contributed by atoms with van der Waals surface area (Å²) in [6.07, 6.45) is 1.63. The number of aryl methyl sites for hydroxylation is 1. The number of pyridine rings is 1. The van der Waals surface area contributed by atoms with Gasteiger partial charge in [-0.1, -0.05) is 20.8 Å². The molecule has 0 fully saturated rings. The summed E-state index contributed by atoms with van der Waals surface area (Å²) in [5, 5.41) is 7.76. The van der Waals surface area contributed by atoms with Gasteiger partial charge in [0.1, 0.15) is 0 Å². The van der Waals surface area contributed by atoms with Crippen LogP contribution in [0, 0.1) is 12.8 Å². The number of hydrogen-bond acceptors (Lipinski definition) is 5. The maximum atomic E-state index is 10.8. The fraction of sp³-hybridized carbons (Fsp3) is 0.455. The Balaban J connectivity index is 0.000000575. The van der Waals surface area contributed by atoms with Gasteiger partial charge in [0.15, 0.2) is 0 Å². The lowest BCUT2D eigenvalue weighted by Crippen LogP contribution is -2.11. The van der Waals surface area contributed by atoms with Crippen molar-refractivity contribution in [3.8, 4) is 11.3 Å². The molecule has 0 aliphatic heterocycles. The average Bonchev–Trinajstić information content (AvgIpc) is 3.11. The van der Waals surface area contributed by atoms with E-state index < -0.39 is 6.43 Å². The van der Waals surface area contributed by atoms with Crippen molar-refractivity contribution in [2.75, 3.05) is 11.9 Å². The molecule has 0 saturated heterocycles. The normalized spacial score (nSPS) is 10.9. The lowest BCUT2D eigenvalue weighted by Gasteiger charge is -2.08. The third-order valence-electron chi connectivity index (χ3n) is 4.07. The van der Waals surface area contributed by atoms with E-state index in [-0.39, 0.29) is 6.42 Å². The Labute approximate surface area is 176 Å². The van der Waals surface area contributed by atoms with Crippen molar-refractivity contribution in [1.82, 2.24) is 19.6 Å². The first kappa shape index (κ1) is 23.4. The van der Waals surface area contributed by atoms with E-state index >= 15 is 0 Å². The Morgan fingerprint density at radius 2 is 1.90 bits per heavy atom. The highest BCUT2D eigenvalue weighted by atomic mass is 19.3. The number of nitrogens with zero attached hydrogens (tertiary/aromatic N) is 5. The van der Waals surface area contributed by atoms with Crippen molar-refractivity contribution in [2.24, 2.45) is 10.9 Å². The molecule has 3 aromatic rings. The number of fused-ring (bicyclic) bond motifs is 1. The minimum Gasteiger partial charge on any atom is -0.353 e. The van der Waals surface area contributed by atoms with Gasteiger partial charge in [-0.25, -0.2) is 18.3 Å². The number of aromatic nitrogens is 4. The van der Waals surface area contributed by atoms with Crippen molar-refractivity contribution in [3.05, 3.63) is 36.3 Å². The van der Waals surface area contributed by atoms with Gasteiger partial charge in [-0.15, -0.1) is 5.10 Å². The summed E-state index contributed by atoms with van der Waals surface area (Å²) in [4.78, 5) is 13.6. The summed E-state index contributed by atoms with van der Waals surface area (Å²) >= 11 is 0. The molecule has 3 aromatic heterocycles. The number of nitrogens with one attached hydrogen (secondary N) is 1. The number of hydrogen-bond donors (Lipinski definition) is 1. The molecule has 8 heteroatoms. The van der Waals surface area contributed by atoms with E-state index in [2.05, 4.69) is 34.2 Å². The van der Waals surface area contributed by atoms with E-state index in [0.717, 1.165) is 40.4 Å². The van der Waals surface area contributed by atoms with E-state index in [1.807, 2.05) is 55.9 Å². The Hall–Kier alpha value is -2.90. The van der Waals surface area contributed by atoms with Gasteiger partial charge in [0.05, 0.1) is 28.8 Å². The van der Waals surface area contributed by atoms with Crippen LogP contribution in [0.4, 0.5) is 20.4 Å². The van der Waals surface area contributed by atoms with Crippen molar-refractivity contribution in [3.63, 3.8) is 0 Å². The minimum atomic E-state index is -2.12. The molecule has 0 spiro atoms. The van der Waals surface area contributed by atoms with E-state index in [0.29, 0.717) is 11.9 Å². The van der Waals surface area contributed by atoms with Crippen molar-refractivity contribution in [2.45, 2.75) is 54.4 Å². The Morgan fingerprint density at radius 3 is 2.47 bits per heavy atom. The van der Waals surface area contributed by atoms with Gasteiger partial charge >= 0.3 is 0 Å². The molecule has 3 rings (SSSR count). The molecule has 0 unspecified atom stereocenters. The molecule has 0 amide bonds. The second-order valence-electron chi connectivity index (χ2n) is 7.58. The van der Waals surface area contributed by atoms with E-state index in [4.69, 9.17) is 4.98 Å². The van der Waals surface area contributed by atoms with E-state index in [9.17, 15) is 8.78 Å². The van der Waals surface area contributed by atoms with Crippen LogP contribution in [-0.2, 0) is 0 Å². The van der Waals surface area contributed by atoms with Crippen LogP contribution >= 0.6 is 0 Å². The predicted molar refractivity (Wildman–Crippen MR) is 119 cm³/mol. The fourth-order valence-electron chi connectivity index (χ4n) is 2.56. The number of rotatable bonds is 6. The van der Waals surface area contributed by atoms with Gasteiger partial charge in [-0.2, -0.15) is 0 Å². The molecule has 6 nitrogen and oxygen atoms in total. The topological polar surface area (TPSA) is 67.5 Å². The number of aliphatic imine (C=N–C) groups is 1. The predicted octanol–water partition coefficient (Wildman–Crippen LogP) is 5.94. The first-order chi connectivity index (χ1) is 14.2. The van der Waals surface area contributed by atoms with Crippen LogP contribution in [0.15, 0.2) is 35.6 Å². The number of anilines is 1. The molecule has 0 atom stereocenters. The summed E-state index contributed by atoms with van der Waals surface area (Å²) < 4.78 is 23.4. The molecule has 1 N–H and O–H groups in total. The molecule has 0 aromatic carbocycles. The van der Waals surface area contributed by atoms with E-state index in [1.165, 1.54) is 6.92 Å². The van der Waals surface area contributed by atoms with Gasteiger partial charge in [0, 0.05) is 30.4 Å². The molecule has 3 heterocycles. The van der Waals surface area contributed by atoms with Crippen LogP contribution in [0.25, 0.3) is 16.8 Å². The van der Waals surface area contributed by atoms with Crippen LogP contribution in [0.5, 0.6) is 0 Å². The average molecular weight is 417 g/mol. The fourth-order valence-corrected chi connectivity index (χ4v) is 2.56. The van der Waals surface area contributed by atoms with Crippen molar-refractivity contribution in [1.29, 1.82) is 0 Å². The monoisotopic (exact) mass is 416 g/mol. The largest absolute Gasteiger partial charge is 0.353 e. The maximum Gasteiger partial charge on any atom is 0.241 e. The summed E-state index contributed by atoms with van der Waals surface area (Å²) in [6, 6.07) is 6.02. The highest BCUT2D eigenvalue weighted by Gasteiger charge is 2.10. The summed E-state index contributed by atoms with van der Waals surface area (Å²) in [6.45, 7) is 12.5. The van der Waals surface area contributed by atoms with Gasteiger partial charge < -0.3 is 5.32 Å². The Kier molecular flexibility index (Phi) is 8.38. The van der Waals surface area contributed by atoms with Crippen LogP contribution in [0.2, 0.25) is 0 Å². The highest BCUT2D eigenvalue weighted by Crippen LogP contribution is 2.27. The van der Waals surface area contributed by atoms with Crippen molar-refractivity contribution >= 4 is 22.9 Å². The number of halogens is 2. The van der Waals surface area contributed by atoms with Gasteiger partial charge in [-0.3, -0.25) is 9.98 Å². The first-order valence-corrected chi connectivity index (χ1v) is 10.1. The second kappa shape index (κ2) is 10.8. The summed E-state index contributed by atoms with van der Waals surface area (Å²) in [5.74, 6) is 1.18. The van der Waals surface area contributed by atoms with E-state index in [1.54, 1.807) is 0 Å². The zero-order valence-corrected chi connectivity index (χ0v) is 18.4. The SMILES string of the molecule is CC(C)=Nc1ccc(-c2ccn3nc(NCC(C)C)ncc23)nc1C.CCC(F)F. The van der Waals surface area contributed by atoms with Crippen LogP contribution in [0.1, 0.15) is 46.7 Å². The Morgan fingerprint density at radius 1 is 1.20 bits per heavy atom. The smallest absolute Gasteiger partial charge is 0.241 e. The zero-order valence-electron chi connectivity index (χ0n) is 18.4. The lowest BCUT2D eigenvalue weighted by molar-refractivity contribution is 0.144. The van der Waals surface area contributed by atoms with Crippen molar-refractivity contribution < 1.29 is 8.78 Å². The first-order valence-electron chi connectivity index (χ1n) is 10.1. The molecule has 0 aliphatic rings. The molecule has 0 bridgehead atoms. The molecule has 0 saturated carbocycles. The van der Waals surface area contributed by atoms with Gasteiger partial charge in [0.25, 0.3) is 0 Å². The third kappa shape index (κ3) is 6.57. The van der Waals surface area contributed by atoms with Crippen LogP contribution in [-0.4, -0.2) is 38.3 Å². The summed E-state index contributed by atoms with van der Waals surface area (Å²) in [7, 11) is 0. The minimum absolute atomic E-state index is 0.0278. The zero-order chi connectivity index (χ0) is 22.3. The molecule has 162 valence electrons. The lowest BCUT2D eigenvalue weighted by atomic mass is 10.1.